The molecule has 15 heavy (non-hydrogen) atoms. The topological polar surface area (TPSA) is 34.0 Å². The van der Waals surface area contributed by atoms with E-state index in [-0.39, 0.29) is 11.6 Å². The smallest absolute Gasteiger partial charge is 0.250 e. The summed E-state index contributed by atoms with van der Waals surface area (Å²) in [6.07, 6.45) is 2.91. The van der Waals surface area contributed by atoms with Gasteiger partial charge in [-0.15, -0.1) is 0 Å². The maximum Gasteiger partial charge on any atom is 0.250 e. The van der Waals surface area contributed by atoms with Crippen LogP contribution in [0, 0.1) is 0 Å². The third-order valence-corrected chi connectivity index (χ3v) is 2.59. The van der Waals surface area contributed by atoms with E-state index in [0.29, 0.717) is 6.04 Å². The van der Waals surface area contributed by atoms with Gasteiger partial charge in [0.15, 0.2) is 0 Å². The Labute approximate surface area is 91.1 Å². The van der Waals surface area contributed by atoms with Crippen molar-refractivity contribution in [2.45, 2.75) is 39.3 Å². The monoisotopic (exact) mass is 208 g/mol. The summed E-state index contributed by atoms with van der Waals surface area (Å²) in [4.78, 5) is 11.5. The second-order valence-corrected chi connectivity index (χ2v) is 4.27. The van der Waals surface area contributed by atoms with Crippen molar-refractivity contribution < 1.29 is 0 Å². The molecule has 1 atom stereocenters. The molecule has 3 nitrogen and oxygen atoms in total. The van der Waals surface area contributed by atoms with Crippen molar-refractivity contribution >= 4 is 0 Å². The van der Waals surface area contributed by atoms with Crippen LogP contribution in [0.3, 0.4) is 0 Å². The molecule has 1 aromatic rings. The Morgan fingerprint density at radius 3 is 2.53 bits per heavy atom. The minimum absolute atomic E-state index is 0.0749. The highest BCUT2D eigenvalue weighted by Crippen LogP contribution is 2.05. The van der Waals surface area contributed by atoms with Crippen molar-refractivity contribution in [2.75, 3.05) is 7.05 Å². The van der Waals surface area contributed by atoms with Crippen LogP contribution in [0.15, 0.2) is 23.1 Å². The highest BCUT2D eigenvalue weighted by Gasteiger charge is 2.04. The van der Waals surface area contributed by atoms with Gasteiger partial charge in [0.2, 0.25) is 0 Å². The predicted octanol–water partition coefficient (Wildman–Crippen LogP) is 1.58. The molecule has 0 radical (unpaired) electrons. The van der Waals surface area contributed by atoms with Crippen LogP contribution in [-0.2, 0) is 6.42 Å². The molecule has 1 heterocycles. The summed E-state index contributed by atoms with van der Waals surface area (Å²) >= 11 is 0. The molecular formula is C12H20N2O. The van der Waals surface area contributed by atoms with Crippen molar-refractivity contribution in [3.05, 3.63) is 34.2 Å². The Morgan fingerprint density at radius 2 is 2.00 bits per heavy atom. The van der Waals surface area contributed by atoms with Gasteiger partial charge in [-0.1, -0.05) is 6.07 Å². The van der Waals surface area contributed by atoms with Crippen LogP contribution in [-0.4, -0.2) is 17.7 Å². The zero-order valence-corrected chi connectivity index (χ0v) is 9.95. The van der Waals surface area contributed by atoms with Crippen LogP contribution in [0.5, 0.6) is 0 Å². The number of nitrogens with one attached hydrogen (secondary N) is 1. The van der Waals surface area contributed by atoms with Gasteiger partial charge in [-0.2, -0.15) is 0 Å². The molecule has 0 aromatic carbocycles. The van der Waals surface area contributed by atoms with Gasteiger partial charge in [0.1, 0.15) is 0 Å². The first kappa shape index (κ1) is 12.0. The van der Waals surface area contributed by atoms with Crippen molar-refractivity contribution in [3.8, 4) is 0 Å². The second kappa shape index (κ2) is 5.12. The third kappa shape index (κ3) is 3.20. The van der Waals surface area contributed by atoms with Gasteiger partial charge in [0.25, 0.3) is 5.56 Å². The molecule has 0 saturated heterocycles. The molecule has 0 aliphatic rings. The molecule has 1 N–H and O–H groups in total. The molecule has 1 rings (SSSR count). The predicted molar refractivity (Wildman–Crippen MR) is 63.3 cm³/mol. The number of likely N-dealkylation sites (N-methyl/N-ethyl adjacent to an activating group) is 1. The first-order chi connectivity index (χ1) is 7.04. The van der Waals surface area contributed by atoms with E-state index in [2.05, 4.69) is 12.2 Å². The first-order valence-electron chi connectivity index (χ1n) is 5.43. The molecule has 0 amide bonds. The Bertz CT molecular complexity index is 368. The lowest BCUT2D eigenvalue weighted by molar-refractivity contribution is 0.562. The molecule has 1 unspecified atom stereocenters. The van der Waals surface area contributed by atoms with Gasteiger partial charge in [0, 0.05) is 24.3 Å². The van der Waals surface area contributed by atoms with Crippen LogP contribution in [0.2, 0.25) is 0 Å². The molecule has 0 saturated carbocycles. The molecule has 0 aliphatic carbocycles. The SMILES string of the molecule is CNC(C)Cc1ccc(=O)n(C(C)C)c1. The largest absolute Gasteiger partial charge is 0.317 e. The van der Waals surface area contributed by atoms with E-state index in [9.17, 15) is 4.79 Å². The van der Waals surface area contributed by atoms with Crippen molar-refractivity contribution in [3.63, 3.8) is 0 Å². The van der Waals surface area contributed by atoms with E-state index < -0.39 is 0 Å². The third-order valence-electron chi connectivity index (χ3n) is 2.59. The van der Waals surface area contributed by atoms with E-state index in [0.717, 1.165) is 6.42 Å². The summed E-state index contributed by atoms with van der Waals surface area (Å²) < 4.78 is 1.78. The Hall–Kier alpha value is -1.09. The summed E-state index contributed by atoms with van der Waals surface area (Å²) in [5.74, 6) is 0. The quantitative estimate of drug-likeness (QED) is 0.815. The van der Waals surface area contributed by atoms with Gasteiger partial charge in [0.05, 0.1) is 0 Å². The Balaban J connectivity index is 2.92. The summed E-state index contributed by atoms with van der Waals surface area (Å²) in [5.41, 5.74) is 1.27. The van der Waals surface area contributed by atoms with Gasteiger partial charge in [-0.25, -0.2) is 0 Å². The van der Waals surface area contributed by atoms with E-state index in [1.54, 1.807) is 10.6 Å². The van der Waals surface area contributed by atoms with Gasteiger partial charge in [-0.05, 0) is 39.8 Å². The molecule has 1 aromatic heterocycles. The van der Waals surface area contributed by atoms with Crippen LogP contribution < -0.4 is 10.9 Å². The lowest BCUT2D eigenvalue weighted by Gasteiger charge is -2.14. The molecule has 0 aliphatic heterocycles. The fraction of sp³-hybridized carbons (Fsp3) is 0.583. The van der Waals surface area contributed by atoms with Crippen molar-refractivity contribution in [1.29, 1.82) is 0 Å². The van der Waals surface area contributed by atoms with Crippen molar-refractivity contribution in [1.82, 2.24) is 9.88 Å². The normalized spacial score (nSPS) is 13.1. The summed E-state index contributed by atoms with van der Waals surface area (Å²) in [6.45, 7) is 6.17. The second-order valence-electron chi connectivity index (χ2n) is 4.27. The average Bonchev–Trinajstić information content (AvgIpc) is 2.20. The number of hydrogen-bond acceptors (Lipinski definition) is 2. The van der Waals surface area contributed by atoms with E-state index in [1.165, 1.54) is 5.56 Å². The molecule has 84 valence electrons. The van der Waals surface area contributed by atoms with Crippen LogP contribution in [0.1, 0.15) is 32.4 Å². The zero-order chi connectivity index (χ0) is 11.4. The van der Waals surface area contributed by atoms with E-state index >= 15 is 0 Å². The summed E-state index contributed by atoms with van der Waals surface area (Å²) in [7, 11) is 1.95. The van der Waals surface area contributed by atoms with Crippen LogP contribution >= 0.6 is 0 Å². The van der Waals surface area contributed by atoms with Crippen molar-refractivity contribution in [2.24, 2.45) is 0 Å². The first-order valence-corrected chi connectivity index (χ1v) is 5.43. The highest BCUT2D eigenvalue weighted by atomic mass is 16.1. The van der Waals surface area contributed by atoms with Crippen LogP contribution in [0.25, 0.3) is 0 Å². The molecule has 0 spiro atoms. The average molecular weight is 208 g/mol. The molecule has 0 fully saturated rings. The summed E-state index contributed by atoms with van der Waals surface area (Å²) in [6, 6.07) is 4.22. The highest BCUT2D eigenvalue weighted by molar-refractivity contribution is 5.12. The minimum atomic E-state index is 0.0749. The molecule has 0 bridgehead atoms. The number of nitrogens with zero attached hydrogens (tertiary/aromatic N) is 1. The maximum absolute atomic E-state index is 11.5. The number of hydrogen-bond donors (Lipinski definition) is 1. The fourth-order valence-electron chi connectivity index (χ4n) is 1.53. The lowest BCUT2D eigenvalue weighted by Crippen LogP contribution is -2.26. The minimum Gasteiger partial charge on any atom is -0.317 e. The molecule has 3 heteroatoms. The standard InChI is InChI=1S/C12H20N2O/c1-9(2)14-8-11(5-6-12(14)15)7-10(3)13-4/h5-6,8-10,13H,7H2,1-4H3. The van der Waals surface area contributed by atoms with Gasteiger partial charge in [-0.3, -0.25) is 4.79 Å². The number of pyridine rings is 1. The summed E-state index contributed by atoms with van der Waals surface area (Å²) in [5, 5.41) is 3.19. The van der Waals surface area contributed by atoms with Crippen LogP contribution in [0.4, 0.5) is 0 Å². The van der Waals surface area contributed by atoms with E-state index in [4.69, 9.17) is 0 Å². The number of aromatic nitrogens is 1. The zero-order valence-electron chi connectivity index (χ0n) is 9.95. The van der Waals surface area contributed by atoms with E-state index in [1.807, 2.05) is 33.2 Å². The number of rotatable bonds is 4. The Kier molecular flexibility index (Phi) is 4.09. The van der Waals surface area contributed by atoms with Gasteiger partial charge >= 0.3 is 0 Å². The maximum atomic E-state index is 11.5. The molecular weight excluding hydrogens is 188 g/mol. The fourth-order valence-corrected chi connectivity index (χ4v) is 1.53. The van der Waals surface area contributed by atoms with Gasteiger partial charge < -0.3 is 9.88 Å². The Morgan fingerprint density at radius 1 is 1.33 bits per heavy atom. The lowest BCUT2D eigenvalue weighted by atomic mass is 10.1.